The first kappa shape index (κ1) is 23.5. The third-order valence-electron chi connectivity index (χ3n) is 4.82. The molecule has 1 heterocycles. The monoisotopic (exact) mass is 487 g/mol. The van der Waals surface area contributed by atoms with Crippen molar-refractivity contribution in [1.82, 2.24) is 14.5 Å². The van der Waals surface area contributed by atoms with E-state index in [1.807, 2.05) is 0 Å². The number of carbonyl (C=O) groups excluding carboxylic acids is 2. The van der Waals surface area contributed by atoms with E-state index >= 15 is 0 Å². The van der Waals surface area contributed by atoms with Crippen molar-refractivity contribution >= 4 is 45.0 Å². The summed E-state index contributed by atoms with van der Waals surface area (Å²) in [6.45, 7) is 0.315. The Labute approximate surface area is 189 Å². The van der Waals surface area contributed by atoms with E-state index in [1.54, 1.807) is 6.07 Å². The fourth-order valence-corrected chi connectivity index (χ4v) is 5.34. The van der Waals surface area contributed by atoms with Crippen LogP contribution in [0.3, 0.4) is 0 Å². The summed E-state index contributed by atoms with van der Waals surface area (Å²) in [4.78, 5) is 25.8. The first-order valence-corrected chi connectivity index (χ1v) is 11.6. The van der Waals surface area contributed by atoms with Gasteiger partial charge in [0.25, 0.3) is 0 Å². The largest absolute Gasteiger partial charge is 0.347 e. The number of amides is 2. The molecule has 166 valence electrons. The molecule has 2 aromatic rings. The first-order chi connectivity index (χ1) is 14.7. The normalized spacial score (nSPS) is 15.0. The Morgan fingerprint density at radius 1 is 1.03 bits per heavy atom. The standard InChI is InChI=1S/C20H20Cl2FN3O4S/c21-16-5-2-6-17(20(16)22)31(29,30)26-9-7-25(8-10-26)19(28)13-24-18(27)12-14-3-1-4-15(23)11-14/h1-6,11H,7-10,12-13H2,(H,24,27). The molecule has 7 nitrogen and oxygen atoms in total. The SMILES string of the molecule is O=C(Cc1cccc(F)c1)NCC(=O)N1CCN(S(=O)(=O)c2cccc(Cl)c2Cl)CC1. The minimum atomic E-state index is -3.85. The summed E-state index contributed by atoms with van der Waals surface area (Å²) in [6, 6.07) is 10.1. The van der Waals surface area contributed by atoms with Crippen LogP contribution in [-0.4, -0.2) is 62.2 Å². The molecular weight excluding hydrogens is 468 g/mol. The molecule has 2 aromatic carbocycles. The van der Waals surface area contributed by atoms with Gasteiger partial charge in [-0.05, 0) is 29.8 Å². The third kappa shape index (κ3) is 5.74. The third-order valence-corrected chi connectivity index (χ3v) is 7.69. The van der Waals surface area contributed by atoms with Gasteiger partial charge in [0.05, 0.1) is 23.0 Å². The molecule has 0 atom stereocenters. The molecule has 2 amide bonds. The van der Waals surface area contributed by atoms with Crippen LogP contribution in [0.4, 0.5) is 4.39 Å². The van der Waals surface area contributed by atoms with Crippen molar-refractivity contribution in [1.29, 1.82) is 0 Å². The highest BCUT2D eigenvalue weighted by atomic mass is 35.5. The van der Waals surface area contributed by atoms with Crippen molar-refractivity contribution in [2.75, 3.05) is 32.7 Å². The molecule has 1 fully saturated rings. The minimum Gasteiger partial charge on any atom is -0.347 e. The quantitative estimate of drug-likeness (QED) is 0.677. The number of hydrogen-bond acceptors (Lipinski definition) is 4. The van der Waals surface area contributed by atoms with Crippen LogP contribution in [0.15, 0.2) is 47.4 Å². The Morgan fingerprint density at radius 3 is 2.39 bits per heavy atom. The number of sulfonamides is 1. The van der Waals surface area contributed by atoms with Gasteiger partial charge in [-0.3, -0.25) is 9.59 Å². The zero-order valence-electron chi connectivity index (χ0n) is 16.4. The molecule has 0 unspecified atom stereocenters. The van der Waals surface area contributed by atoms with Crippen molar-refractivity contribution in [3.63, 3.8) is 0 Å². The van der Waals surface area contributed by atoms with E-state index in [-0.39, 0.29) is 60.0 Å². The lowest BCUT2D eigenvalue weighted by Crippen LogP contribution is -2.52. The van der Waals surface area contributed by atoms with Crippen molar-refractivity contribution in [2.45, 2.75) is 11.3 Å². The number of halogens is 3. The highest BCUT2D eigenvalue weighted by molar-refractivity contribution is 7.89. The summed E-state index contributed by atoms with van der Waals surface area (Å²) in [5.74, 6) is -1.17. The summed E-state index contributed by atoms with van der Waals surface area (Å²) >= 11 is 12.0. The molecular formula is C20H20Cl2FN3O4S. The molecule has 1 aliphatic heterocycles. The zero-order chi connectivity index (χ0) is 22.6. The molecule has 0 spiro atoms. The van der Waals surface area contributed by atoms with Crippen LogP contribution in [0.25, 0.3) is 0 Å². The fourth-order valence-electron chi connectivity index (χ4n) is 3.18. The van der Waals surface area contributed by atoms with Gasteiger partial charge in [0.1, 0.15) is 10.7 Å². The lowest BCUT2D eigenvalue weighted by Gasteiger charge is -2.34. The lowest BCUT2D eigenvalue weighted by atomic mass is 10.1. The second kappa shape index (κ2) is 9.95. The van der Waals surface area contributed by atoms with E-state index in [0.29, 0.717) is 5.56 Å². The number of nitrogens with zero attached hydrogens (tertiary/aromatic N) is 2. The molecule has 3 rings (SSSR count). The van der Waals surface area contributed by atoms with E-state index in [4.69, 9.17) is 23.2 Å². The molecule has 31 heavy (non-hydrogen) atoms. The number of hydrogen-bond donors (Lipinski definition) is 1. The van der Waals surface area contributed by atoms with Gasteiger partial charge in [0.2, 0.25) is 21.8 Å². The van der Waals surface area contributed by atoms with Crippen LogP contribution in [0.5, 0.6) is 0 Å². The van der Waals surface area contributed by atoms with Gasteiger partial charge >= 0.3 is 0 Å². The predicted molar refractivity (Wildman–Crippen MR) is 115 cm³/mol. The second-order valence-electron chi connectivity index (χ2n) is 6.92. The maximum absolute atomic E-state index is 13.2. The summed E-state index contributed by atoms with van der Waals surface area (Å²) in [7, 11) is -3.85. The smallest absolute Gasteiger partial charge is 0.244 e. The van der Waals surface area contributed by atoms with Gasteiger partial charge in [-0.15, -0.1) is 0 Å². The number of benzene rings is 2. The molecule has 1 saturated heterocycles. The van der Waals surface area contributed by atoms with Crippen molar-refractivity contribution in [3.05, 3.63) is 63.9 Å². The zero-order valence-corrected chi connectivity index (χ0v) is 18.7. The molecule has 0 radical (unpaired) electrons. The van der Waals surface area contributed by atoms with E-state index < -0.39 is 21.7 Å². The van der Waals surface area contributed by atoms with Crippen molar-refractivity contribution < 1.29 is 22.4 Å². The highest BCUT2D eigenvalue weighted by Gasteiger charge is 2.31. The van der Waals surface area contributed by atoms with Gasteiger partial charge in [-0.25, -0.2) is 12.8 Å². The maximum Gasteiger partial charge on any atom is 0.244 e. The van der Waals surface area contributed by atoms with E-state index in [0.717, 1.165) is 0 Å². The molecule has 1 N–H and O–H groups in total. The molecule has 11 heteroatoms. The van der Waals surface area contributed by atoms with Crippen LogP contribution in [-0.2, 0) is 26.0 Å². The van der Waals surface area contributed by atoms with Crippen LogP contribution in [0, 0.1) is 5.82 Å². The Kier molecular flexibility index (Phi) is 7.53. The molecule has 0 aliphatic carbocycles. The van der Waals surface area contributed by atoms with Crippen LogP contribution < -0.4 is 5.32 Å². The van der Waals surface area contributed by atoms with Crippen molar-refractivity contribution in [3.8, 4) is 0 Å². The minimum absolute atomic E-state index is 0.0383. The topological polar surface area (TPSA) is 86.8 Å². The molecule has 1 aliphatic rings. The van der Waals surface area contributed by atoms with E-state index in [2.05, 4.69) is 5.32 Å². The van der Waals surface area contributed by atoms with E-state index in [1.165, 1.54) is 45.6 Å². The number of piperazine rings is 1. The van der Waals surface area contributed by atoms with Gasteiger partial charge in [0, 0.05) is 26.2 Å². The summed E-state index contributed by atoms with van der Waals surface area (Å²) in [6.07, 6.45) is -0.0442. The summed E-state index contributed by atoms with van der Waals surface area (Å²) < 4.78 is 40.1. The molecule has 0 saturated carbocycles. The predicted octanol–water partition coefficient (Wildman–Crippen LogP) is 2.32. The molecule has 0 bridgehead atoms. The van der Waals surface area contributed by atoms with E-state index in [9.17, 15) is 22.4 Å². The van der Waals surface area contributed by atoms with Gasteiger partial charge in [-0.2, -0.15) is 4.31 Å². The van der Waals surface area contributed by atoms with Gasteiger partial charge in [0.15, 0.2) is 0 Å². The number of nitrogens with one attached hydrogen (secondary N) is 1. The fraction of sp³-hybridized carbons (Fsp3) is 0.300. The summed E-state index contributed by atoms with van der Waals surface area (Å²) in [5.41, 5.74) is 0.503. The Morgan fingerprint density at radius 2 is 1.71 bits per heavy atom. The first-order valence-electron chi connectivity index (χ1n) is 9.41. The summed E-state index contributed by atoms with van der Waals surface area (Å²) in [5, 5.41) is 2.62. The Bertz CT molecular complexity index is 1090. The van der Waals surface area contributed by atoms with Gasteiger partial charge < -0.3 is 10.2 Å². The van der Waals surface area contributed by atoms with Crippen LogP contribution >= 0.6 is 23.2 Å². The van der Waals surface area contributed by atoms with Crippen LogP contribution in [0.2, 0.25) is 10.0 Å². The average Bonchev–Trinajstić information content (AvgIpc) is 2.74. The van der Waals surface area contributed by atoms with Crippen molar-refractivity contribution in [2.24, 2.45) is 0 Å². The van der Waals surface area contributed by atoms with Crippen LogP contribution in [0.1, 0.15) is 5.56 Å². The maximum atomic E-state index is 13.2. The number of rotatable bonds is 6. The average molecular weight is 488 g/mol. The van der Waals surface area contributed by atoms with Gasteiger partial charge in [-0.1, -0.05) is 41.4 Å². The number of carbonyl (C=O) groups is 2. The Balaban J connectivity index is 1.51. The molecule has 0 aromatic heterocycles. The second-order valence-corrected chi connectivity index (χ2v) is 9.61. The highest BCUT2D eigenvalue weighted by Crippen LogP contribution is 2.31. The lowest BCUT2D eigenvalue weighted by molar-refractivity contribution is -0.133. The Hall–Kier alpha value is -2.20.